The molecule has 0 amide bonds. The highest BCUT2D eigenvalue weighted by Crippen LogP contribution is 2.50. The molecular weight excluding hydrogens is 324 g/mol. The van der Waals surface area contributed by atoms with Crippen molar-refractivity contribution < 1.29 is 46.3 Å². The number of rotatable bonds is 3. The van der Waals surface area contributed by atoms with Gasteiger partial charge in [0.15, 0.2) is 5.69 Å². The Morgan fingerprint density at radius 2 is 1.50 bits per heavy atom. The van der Waals surface area contributed by atoms with Gasteiger partial charge in [-0.2, -0.15) is 31.6 Å². The molecule has 124 valence electrons. The number of quaternary nitrogens is 1. The number of hydrogen-bond donors (Lipinski definition) is 2. The molecule has 0 bridgehead atoms. The lowest BCUT2D eigenvalue weighted by Gasteiger charge is -2.31. The van der Waals surface area contributed by atoms with Crippen molar-refractivity contribution >= 4 is 11.7 Å². The Kier molecular flexibility index (Phi) is 4.75. The summed E-state index contributed by atoms with van der Waals surface area (Å²) in [5.41, 5.74) is -4.99. The van der Waals surface area contributed by atoms with Gasteiger partial charge in [-0.3, -0.25) is 4.79 Å². The minimum Gasteiger partial charge on any atom is -0.595 e. The summed E-state index contributed by atoms with van der Waals surface area (Å²) in [7, 11) is 0. The second kappa shape index (κ2) is 5.74. The van der Waals surface area contributed by atoms with Crippen LogP contribution in [0.25, 0.3) is 0 Å². The van der Waals surface area contributed by atoms with E-state index < -0.39 is 34.7 Å². The van der Waals surface area contributed by atoms with Gasteiger partial charge in [-0.1, -0.05) is 0 Å². The number of carbonyl (C=O) groups is 1. The number of esters is 1. The van der Waals surface area contributed by atoms with E-state index in [9.17, 15) is 36.3 Å². The third kappa shape index (κ3) is 3.31. The van der Waals surface area contributed by atoms with Crippen LogP contribution in [-0.2, 0) is 4.79 Å². The third-order valence-corrected chi connectivity index (χ3v) is 2.85. The van der Waals surface area contributed by atoms with E-state index in [1.54, 1.807) is 0 Å². The van der Waals surface area contributed by atoms with Crippen molar-refractivity contribution in [2.45, 2.75) is 19.3 Å². The maximum atomic E-state index is 12.6. The minimum atomic E-state index is -5.91. The van der Waals surface area contributed by atoms with Crippen LogP contribution in [0.1, 0.15) is 6.92 Å². The van der Waals surface area contributed by atoms with Gasteiger partial charge in [0.25, 0.3) is 5.41 Å². The number of benzene rings is 1. The first-order valence-electron chi connectivity index (χ1n) is 5.50. The fourth-order valence-electron chi connectivity index (χ4n) is 1.27. The second-order valence-corrected chi connectivity index (χ2v) is 4.34. The van der Waals surface area contributed by atoms with Crippen molar-refractivity contribution in [3.05, 3.63) is 29.5 Å². The van der Waals surface area contributed by atoms with Crippen LogP contribution in [0.5, 0.6) is 5.75 Å². The summed E-state index contributed by atoms with van der Waals surface area (Å²) < 4.78 is 79.8. The number of hydrogen-bond acceptors (Lipinski definition) is 4. The highest BCUT2D eigenvalue weighted by molar-refractivity contribution is 5.80. The van der Waals surface area contributed by atoms with Crippen LogP contribution in [0.3, 0.4) is 0 Å². The Bertz CT molecular complexity index is 523. The van der Waals surface area contributed by atoms with Crippen molar-refractivity contribution in [3.63, 3.8) is 0 Å². The zero-order valence-electron chi connectivity index (χ0n) is 10.7. The van der Waals surface area contributed by atoms with Crippen molar-refractivity contribution in [3.8, 4) is 5.75 Å². The predicted octanol–water partition coefficient (Wildman–Crippen LogP) is 2.13. The quantitative estimate of drug-likeness (QED) is 0.385. The van der Waals surface area contributed by atoms with Crippen LogP contribution in [0.15, 0.2) is 24.3 Å². The molecule has 1 aromatic rings. The van der Waals surface area contributed by atoms with Gasteiger partial charge in [-0.15, -0.1) is 0 Å². The number of nitrogens with one attached hydrogen (secondary N) is 1. The summed E-state index contributed by atoms with van der Waals surface area (Å²) in [6.45, 7) is -0.332. The summed E-state index contributed by atoms with van der Waals surface area (Å²) in [4.78, 5) is 11.4. The van der Waals surface area contributed by atoms with Gasteiger partial charge >= 0.3 is 18.3 Å². The first kappa shape index (κ1) is 18.2. The van der Waals surface area contributed by atoms with Gasteiger partial charge in [0.05, 0.1) is 0 Å². The third-order valence-electron chi connectivity index (χ3n) is 2.85. The lowest BCUT2D eigenvalue weighted by molar-refractivity contribution is -0.991. The number of carbonyl (C=O) groups excluding carboxylic acids is 1. The summed E-state index contributed by atoms with van der Waals surface area (Å²) >= 11 is 0. The lowest BCUT2D eigenvalue weighted by atomic mass is 9.89. The highest BCUT2D eigenvalue weighted by Gasteiger charge is 2.73. The van der Waals surface area contributed by atoms with Crippen LogP contribution in [0.4, 0.5) is 32.0 Å². The van der Waals surface area contributed by atoms with Crippen LogP contribution in [-0.4, -0.2) is 23.5 Å². The van der Waals surface area contributed by atoms with Gasteiger partial charge in [-0.05, 0) is 19.1 Å². The number of alkyl halides is 6. The predicted molar refractivity (Wildman–Crippen MR) is 58.1 cm³/mol. The molecule has 0 saturated heterocycles. The normalized spacial score (nSPS) is 14.6. The van der Waals surface area contributed by atoms with Crippen molar-refractivity contribution in [1.82, 2.24) is 0 Å². The second-order valence-electron chi connectivity index (χ2n) is 4.34. The molecule has 0 spiro atoms. The topological polar surface area (TPSA) is 74.0 Å². The van der Waals surface area contributed by atoms with Gasteiger partial charge in [-0.25, -0.2) is 5.21 Å². The van der Waals surface area contributed by atoms with E-state index >= 15 is 0 Å². The maximum absolute atomic E-state index is 12.6. The SMILES string of the molecule is CC(C(=O)Oc1ccc([NH+]([O-])O)cc1)(C(F)(F)F)C(F)(F)F. The maximum Gasteiger partial charge on any atom is 0.413 e. The molecule has 0 aliphatic heterocycles. The Labute approximate surface area is 119 Å². The molecule has 0 radical (unpaired) electrons. The molecule has 0 aliphatic carbocycles. The van der Waals surface area contributed by atoms with Gasteiger partial charge in [0.2, 0.25) is 0 Å². The van der Waals surface area contributed by atoms with Crippen molar-refractivity contribution in [1.29, 1.82) is 0 Å². The molecule has 0 heterocycles. The smallest absolute Gasteiger partial charge is 0.413 e. The fraction of sp³-hybridized carbons (Fsp3) is 0.364. The largest absolute Gasteiger partial charge is 0.595 e. The minimum absolute atomic E-state index is 0.283. The molecule has 2 N–H and O–H groups in total. The summed E-state index contributed by atoms with van der Waals surface area (Å²) in [5, 5.41) is 17.8. The molecule has 0 fully saturated rings. The zero-order valence-corrected chi connectivity index (χ0v) is 10.7. The molecule has 11 heteroatoms. The van der Waals surface area contributed by atoms with Crippen LogP contribution >= 0.6 is 0 Å². The first-order chi connectivity index (χ1) is 9.80. The van der Waals surface area contributed by atoms with Crippen LogP contribution in [0.2, 0.25) is 0 Å². The van der Waals surface area contributed by atoms with Crippen molar-refractivity contribution in [2.75, 3.05) is 0 Å². The molecule has 1 aromatic carbocycles. The Morgan fingerprint density at radius 1 is 1.09 bits per heavy atom. The van der Waals surface area contributed by atoms with E-state index in [2.05, 4.69) is 4.74 Å². The summed E-state index contributed by atoms with van der Waals surface area (Å²) in [6.07, 6.45) is -11.8. The van der Waals surface area contributed by atoms with E-state index in [1.807, 2.05) is 0 Å². The number of ether oxygens (including phenoxy) is 1. The Balaban J connectivity index is 3.08. The average Bonchev–Trinajstić information content (AvgIpc) is 2.35. The molecule has 0 saturated carbocycles. The fourth-order valence-corrected chi connectivity index (χ4v) is 1.27. The molecule has 1 atom stereocenters. The van der Waals surface area contributed by atoms with E-state index in [1.165, 1.54) is 0 Å². The molecule has 0 aromatic heterocycles. The Morgan fingerprint density at radius 3 is 1.82 bits per heavy atom. The van der Waals surface area contributed by atoms with E-state index in [-0.39, 0.29) is 12.6 Å². The summed E-state index contributed by atoms with van der Waals surface area (Å²) in [6, 6.07) is 3.27. The standard InChI is InChI=1S/C11H9F6NO4/c1-9(10(12,13)14,11(15,16)17)8(19)22-7-4-2-6(3-5-7)18(20)21/h2-5,18,20H,1H3. The summed E-state index contributed by atoms with van der Waals surface area (Å²) in [5.74, 6) is -3.20. The highest BCUT2D eigenvalue weighted by atomic mass is 19.4. The first-order valence-corrected chi connectivity index (χ1v) is 5.50. The Hall–Kier alpha value is -1.85. The van der Waals surface area contributed by atoms with Gasteiger partial charge in [0, 0.05) is 12.1 Å². The van der Waals surface area contributed by atoms with Gasteiger partial charge in [0.1, 0.15) is 5.75 Å². The van der Waals surface area contributed by atoms with Crippen LogP contribution in [0, 0.1) is 10.6 Å². The molecule has 1 unspecified atom stereocenters. The number of halogens is 6. The van der Waals surface area contributed by atoms with E-state index in [4.69, 9.17) is 5.21 Å². The molecule has 22 heavy (non-hydrogen) atoms. The van der Waals surface area contributed by atoms with Crippen LogP contribution < -0.4 is 9.96 Å². The molecule has 1 rings (SSSR count). The van der Waals surface area contributed by atoms with Gasteiger partial charge < -0.3 is 9.94 Å². The molecular formula is C11H9F6NO4. The lowest BCUT2D eigenvalue weighted by Crippen LogP contribution is -2.99. The van der Waals surface area contributed by atoms with Crippen molar-refractivity contribution in [2.24, 2.45) is 5.41 Å². The molecule has 0 aliphatic rings. The zero-order chi connectivity index (χ0) is 17.3. The molecule has 5 nitrogen and oxygen atoms in total. The average molecular weight is 333 g/mol. The van der Waals surface area contributed by atoms with E-state index in [0.717, 1.165) is 24.3 Å². The monoisotopic (exact) mass is 333 g/mol. The van der Waals surface area contributed by atoms with E-state index in [0.29, 0.717) is 0 Å².